The molecule has 0 heterocycles. The Kier molecular flexibility index (Phi) is 11.9. The molecule has 0 saturated carbocycles. The van der Waals surface area contributed by atoms with Crippen LogP contribution in [0.1, 0.15) is 79.1 Å². The van der Waals surface area contributed by atoms with Gasteiger partial charge in [0.2, 0.25) is 0 Å². The highest BCUT2D eigenvalue weighted by Crippen LogP contribution is 2.14. The first-order chi connectivity index (χ1) is 9.99. The average molecular weight is 296 g/mol. The van der Waals surface area contributed by atoms with E-state index in [1.165, 1.54) is 25.7 Å². The summed E-state index contributed by atoms with van der Waals surface area (Å²) in [5, 5.41) is 0. The number of nitrogens with two attached hydrogens (primary N) is 2. The van der Waals surface area contributed by atoms with Gasteiger partial charge in [0.15, 0.2) is 11.8 Å². The van der Waals surface area contributed by atoms with Gasteiger partial charge < -0.3 is 16.2 Å². The van der Waals surface area contributed by atoms with E-state index >= 15 is 0 Å². The molecule has 0 saturated heterocycles. The summed E-state index contributed by atoms with van der Waals surface area (Å²) in [6, 6.07) is 0. The highest BCUT2D eigenvalue weighted by molar-refractivity contribution is 4.96. The van der Waals surface area contributed by atoms with E-state index in [2.05, 4.69) is 27.7 Å². The van der Waals surface area contributed by atoms with Gasteiger partial charge in [-0.05, 0) is 49.7 Å². The molecule has 0 fully saturated rings. The van der Waals surface area contributed by atoms with E-state index in [0.29, 0.717) is 11.8 Å². The molecule has 2 atom stereocenters. The summed E-state index contributed by atoms with van der Waals surface area (Å²) in [5.74, 6) is 2.34. The highest BCUT2D eigenvalue weighted by Gasteiger charge is 2.01. The van der Waals surface area contributed by atoms with Crippen molar-refractivity contribution in [1.82, 2.24) is 0 Å². The third-order valence-electron chi connectivity index (χ3n) is 3.81. The van der Waals surface area contributed by atoms with Crippen molar-refractivity contribution in [3.05, 3.63) is 23.9 Å². The van der Waals surface area contributed by atoms with Gasteiger partial charge in [-0.25, -0.2) is 0 Å². The first-order valence-electron chi connectivity index (χ1n) is 8.58. The van der Waals surface area contributed by atoms with Crippen molar-refractivity contribution in [3.63, 3.8) is 0 Å². The molecule has 3 heteroatoms. The van der Waals surface area contributed by atoms with Crippen LogP contribution in [0.2, 0.25) is 0 Å². The molecular formula is C18H36N2O. The smallest absolute Gasteiger partial charge is 0.188 e. The molecule has 3 nitrogen and oxygen atoms in total. The molecule has 0 rings (SSSR count). The Hall–Kier alpha value is -1.12. The lowest BCUT2D eigenvalue weighted by Crippen LogP contribution is -2.09. The minimum absolute atomic E-state index is 0.425. The van der Waals surface area contributed by atoms with Gasteiger partial charge in [0.1, 0.15) is 0 Å². The monoisotopic (exact) mass is 296 g/mol. The lowest BCUT2D eigenvalue weighted by molar-refractivity contribution is 0.291. The quantitative estimate of drug-likeness (QED) is 0.496. The summed E-state index contributed by atoms with van der Waals surface area (Å²) in [4.78, 5) is 0. The molecule has 124 valence electrons. The molecule has 0 bridgehead atoms. The van der Waals surface area contributed by atoms with Crippen molar-refractivity contribution in [1.29, 1.82) is 0 Å². The second-order valence-electron chi connectivity index (χ2n) is 6.26. The van der Waals surface area contributed by atoms with Gasteiger partial charge in [-0.3, -0.25) is 0 Å². The van der Waals surface area contributed by atoms with E-state index < -0.39 is 0 Å². The van der Waals surface area contributed by atoms with Crippen LogP contribution in [-0.2, 0) is 4.74 Å². The first-order valence-corrected chi connectivity index (χ1v) is 8.58. The Bertz CT molecular complexity index is 280. The molecular weight excluding hydrogens is 260 g/mol. The number of ether oxygens (including phenoxy) is 1. The van der Waals surface area contributed by atoms with E-state index in [4.69, 9.17) is 16.2 Å². The largest absolute Gasteiger partial charge is 0.427 e. The zero-order valence-corrected chi connectivity index (χ0v) is 14.5. The molecule has 0 aliphatic carbocycles. The van der Waals surface area contributed by atoms with Crippen LogP contribution in [0.4, 0.5) is 0 Å². The van der Waals surface area contributed by atoms with Crippen molar-refractivity contribution >= 4 is 0 Å². The van der Waals surface area contributed by atoms with Gasteiger partial charge in [0, 0.05) is 0 Å². The van der Waals surface area contributed by atoms with Crippen molar-refractivity contribution in [3.8, 4) is 0 Å². The standard InChI is InChI=1S/C18H36N2O/c1-5-9-15(3)11-7-13-17(19)21-18(20)14-8-12-16(4)10-6-2/h13-16H,5-12,19-20H2,1-4H3. The zero-order valence-electron chi connectivity index (χ0n) is 14.5. The summed E-state index contributed by atoms with van der Waals surface area (Å²) >= 11 is 0. The van der Waals surface area contributed by atoms with Gasteiger partial charge in [-0.1, -0.05) is 53.4 Å². The molecule has 0 aliphatic rings. The van der Waals surface area contributed by atoms with Crippen LogP contribution >= 0.6 is 0 Å². The number of hydrogen-bond donors (Lipinski definition) is 2. The predicted molar refractivity (Wildman–Crippen MR) is 92.2 cm³/mol. The van der Waals surface area contributed by atoms with Crippen molar-refractivity contribution in [2.75, 3.05) is 0 Å². The summed E-state index contributed by atoms with van der Waals surface area (Å²) in [6.45, 7) is 8.99. The lowest BCUT2D eigenvalue weighted by Gasteiger charge is -2.10. The van der Waals surface area contributed by atoms with E-state index in [1.807, 2.05) is 12.2 Å². The topological polar surface area (TPSA) is 61.3 Å². The molecule has 21 heavy (non-hydrogen) atoms. The van der Waals surface area contributed by atoms with Crippen LogP contribution in [0.15, 0.2) is 23.9 Å². The Labute approximate surface area is 131 Å². The summed E-state index contributed by atoms with van der Waals surface area (Å²) in [5.41, 5.74) is 11.7. The normalized spacial score (nSPS) is 15.8. The molecule has 0 spiro atoms. The molecule has 0 aromatic carbocycles. The fourth-order valence-corrected chi connectivity index (χ4v) is 2.51. The summed E-state index contributed by atoms with van der Waals surface area (Å²) < 4.78 is 5.41. The first kappa shape index (κ1) is 19.9. The summed E-state index contributed by atoms with van der Waals surface area (Å²) in [7, 11) is 0. The van der Waals surface area contributed by atoms with Gasteiger partial charge in [0.25, 0.3) is 0 Å². The van der Waals surface area contributed by atoms with Gasteiger partial charge in [-0.2, -0.15) is 0 Å². The number of allylic oxidation sites excluding steroid dienone is 2. The van der Waals surface area contributed by atoms with E-state index in [0.717, 1.165) is 37.5 Å². The fourth-order valence-electron chi connectivity index (χ4n) is 2.51. The van der Waals surface area contributed by atoms with Crippen molar-refractivity contribution in [2.45, 2.75) is 79.1 Å². The van der Waals surface area contributed by atoms with Crippen molar-refractivity contribution in [2.24, 2.45) is 23.3 Å². The Morgan fingerprint density at radius 1 is 0.810 bits per heavy atom. The molecule has 0 radical (unpaired) electrons. The maximum absolute atomic E-state index is 5.83. The van der Waals surface area contributed by atoms with Crippen LogP contribution in [0.25, 0.3) is 0 Å². The maximum Gasteiger partial charge on any atom is 0.188 e. The van der Waals surface area contributed by atoms with E-state index in [1.54, 1.807) is 0 Å². The third kappa shape index (κ3) is 12.3. The average Bonchev–Trinajstić information content (AvgIpc) is 2.39. The highest BCUT2D eigenvalue weighted by atomic mass is 16.5. The van der Waals surface area contributed by atoms with Crippen LogP contribution < -0.4 is 11.5 Å². The van der Waals surface area contributed by atoms with Crippen LogP contribution in [0.5, 0.6) is 0 Å². The SMILES string of the molecule is CCCC(C)CCC=C(N)OC(N)=CCCC(C)CCC. The predicted octanol–water partition coefficient (Wildman–Crippen LogP) is 5.04. The Morgan fingerprint density at radius 3 is 1.52 bits per heavy atom. The molecule has 0 amide bonds. The molecule has 0 aromatic rings. The maximum atomic E-state index is 5.83. The Morgan fingerprint density at radius 2 is 1.19 bits per heavy atom. The number of rotatable bonds is 12. The fraction of sp³-hybridized carbons (Fsp3) is 0.778. The minimum Gasteiger partial charge on any atom is -0.427 e. The molecule has 2 unspecified atom stereocenters. The molecule has 0 aliphatic heterocycles. The summed E-state index contributed by atoms with van der Waals surface area (Å²) in [6.07, 6.45) is 13.1. The van der Waals surface area contributed by atoms with E-state index in [9.17, 15) is 0 Å². The Balaban J connectivity index is 3.93. The lowest BCUT2D eigenvalue weighted by atomic mass is 10.0. The van der Waals surface area contributed by atoms with Gasteiger partial charge in [-0.15, -0.1) is 0 Å². The van der Waals surface area contributed by atoms with E-state index in [-0.39, 0.29) is 0 Å². The second kappa shape index (κ2) is 12.6. The minimum atomic E-state index is 0.425. The third-order valence-corrected chi connectivity index (χ3v) is 3.81. The molecule has 4 N–H and O–H groups in total. The second-order valence-corrected chi connectivity index (χ2v) is 6.26. The van der Waals surface area contributed by atoms with Crippen molar-refractivity contribution < 1.29 is 4.74 Å². The van der Waals surface area contributed by atoms with Crippen LogP contribution in [-0.4, -0.2) is 0 Å². The van der Waals surface area contributed by atoms with Crippen LogP contribution in [0, 0.1) is 11.8 Å². The zero-order chi connectivity index (χ0) is 16.1. The number of hydrogen-bond acceptors (Lipinski definition) is 3. The molecule has 0 aromatic heterocycles. The van der Waals surface area contributed by atoms with Gasteiger partial charge in [0.05, 0.1) is 0 Å². The van der Waals surface area contributed by atoms with Gasteiger partial charge >= 0.3 is 0 Å². The van der Waals surface area contributed by atoms with Crippen LogP contribution in [0.3, 0.4) is 0 Å².